The Balaban J connectivity index is 1.09. The van der Waals surface area contributed by atoms with Gasteiger partial charge in [0.1, 0.15) is 11.5 Å². The molecular weight excluding hydrogens is 504 g/mol. The van der Waals surface area contributed by atoms with Gasteiger partial charge in [0.15, 0.2) is 0 Å². The van der Waals surface area contributed by atoms with Crippen LogP contribution in [0.4, 0.5) is 0 Å². The number of rotatable bonds is 12. The molecule has 0 aromatic heterocycles. The summed E-state index contributed by atoms with van der Waals surface area (Å²) in [4.78, 5) is 24.7. The second kappa shape index (κ2) is 14.0. The van der Waals surface area contributed by atoms with Crippen molar-refractivity contribution < 1.29 is 29.3 Å². The minimum Gasteiger partial charge on any atom is -0.508 e. The number of esters is 2. The van der Waals surface area contributed by atoms with Gasteiger partial charge in [0, 0.05) is 0 Å². The van der Waals surface area contributed by atoms with Gasteiger partial charge in [-0.3, -0.25) is 0 Å². The summed E-state index contributed by atoms with van der Waals surface area (Å²) in [7, 11) is 0. The van der Waals surface area contributed by atoms with Crippen LogP contribution >= 0.6 is 0 Å². The van der Waals surface area contributed by atoms with E-state index in [1.165, 1.54) is 0 Å². The van der Waals surface area contributed by atoms with Crippen molar-refractivity contribution in [1.29, 1.82) is 0 Å². The van der Waals surface area contributed by atoms with Gasteiger partial charge in [-0.15, -0.1) is 0 Å². The van der Waals surface area contributed by atoms with Gasteiger partial charge in [-0.2, -0.15) is 0 Å². The van der Waals surface area contributed by atoms with E-state index in [2.05, 4.69) is 6.92 Å². The average molecular weight is 539 g/mol. The summed E-state index contributed by atoms with van der Waals surface area (Å²) >= 11 is 0. The third kappa shape index (κ3) is 8.21. The predicted molar refractivity (Wildman–Crippen MR) is 155 cm³/mol. The van der Waals surface area contributed by atoms with Crippen molar-refractivity contribution in [2.75, 3.05) is 13.2 Å². The highest BCUT2D eigenvalue weighted by molar-refractivity contribution is 5.90. The van der Waals surface area contributed by atoms with E-state index >= 15 is 0 Å². The van der Waals surface area contributed by atoms with Crippen LogP contribution in [0.1, 0.15) is 53.3 Å². The van der Waals surface area contributed by atoms with E-state index in [0.29, 0.717) is 30.3 Å². The normalized spacial score (nSPS) is 10.8. The number of carbonyl (C=O) groups is 2. The largest absolute Gasteiger partial charge is 0.508 e. The maximum Gasteiger partial charge on any atom is 0.338 e. The van der Waals surface area contributed by atoms with E-state index < -0.39 is 0 Å². The van der Waals surface area contributed by atoms with Crippen LogP contribution < -0.4 is 0 Å². The van der Waals surface area contributed by atoms with Crippen molar-refractivity contribution >= 4 is 11.9 Å². The summed E-state index contributed by atoms with van der Waals surface area (Å²) in [5, 5.41) is 18.9. The zero-order valence-electron chi connectivity index (χ0n) is 22.6. The van der Waals surface area contributed by atoms with Crippen LogP contribution in [0.15, 0.2) is 97.1 Å². The number of ether oxygens (including phenoxy) is 2. The standard InChI is InChI=1S/C34H34O6/c1-24(4-2-22-39-33(37)29-10-6-25(7-11-29)27-14-18-31(35)19-15-27)5-3-23-40-34(38)30-12-8-26(9-13-30)28-16-20-32(36)21-17-28/h6-21,24,35-36H,2-5,22-23H2,1H3. The number of phenols is 2. The van der Waals surface area contributed by atoms with Gasteiger partial charge in [-0.1, -0.05) is 55.5 Å². The van der Waals surface area contributed by atoms with E-state index in [4.69, 9.17) is 9.47 Å². The lowest BCUT2D eigenvalue weighted by atomic mass is 10.0. The van der Waals surface area contributed by atoms with E-state index in [1.54, 1.807) is 48.5 Å². The lowest BCUT2D eigenvalue weighted by Gasteiger charge is -2.12. The molecule has 0 aliphatic rings. The molecule has 0 spiro atoms. The zero-order chi connectivity index (χ0) is 28.3. The van der Waals surface area contributed by atoms with E-state index in [0.717, 1.165) is 47.9 Å². The Bertz CT molecular complexity index is 1270. The van der Waals surface area contributed by atoms with Crippen LogP contribution in [-0.4, -0.2) is 35.4 Å². The summed E-state index contributed by atoms with van der Waals surface area (Å²) < 4.78 is 10.9. The van der Waals surface area contributed by atoms with E-state index in [9.17, 15) is 19.8 Å². The Kier molecular flexibility index (Phi) is 9.94. The number of carbonyl (C=O) groups excluding carboxylic acids is 2. The van der Waals surface area contributed by atoms with Gasteiger partial charge in [0.25, 0.3) is 0 Å². The molecule has 6 heteroatoms. The van der Waals surface area contributed by atoms with Gasteiger partial charge < -0.3 is 19.7 Å². The quantitative estimate of drug-likeness (QED) is 0.142. The molecule has 0 saturated heterocycles. The summed E-state index contributed by atoms with van der Waals surface area (Å²) in [6.45, 7) is 2.86. The zero-order valence-corrected chi connectivity index (χ0v) is 22.6. The van der Waals surface area contributed by atoms with E-state index in [1.807, 2.05) is 48.5 Å². The van der Waals surface area contributed by atoms with Crippen molar-refractivity contribution in [1.82, 2.24) is 0 Å². The molecular formula is C34H34O6. The topological polar surface area (TPSA) is 93.1 Å². The van der Waals surface area contributed by atoms with Crippen molar-refractivity contribution in [3.63, 3.8) is 0 Å². The Morgan fingerprint density at radius 1 is 0.550 bits per heavy atom. The second-order valence-electron chi connectivity index (χ2n) is 9.91. The van der Waals surface area contributed by atoms with E-state index in [-0.39, 0.29) is 23.4 Å². The number of hydrogen-bond acceptors (Lipinski definition) is 6. The van der Waals surface area contributed by atoms with Crippen LogP contribution in [0.25, 0.3) is 22.3 Å². The van der Waals surface area contributed by atoms with Gasteiger partial charge in [-0.05, 0) is 102 Å². The Morgan fingerprint density at radius 2 is 0.850 bits per heavy atom. The molecule has 6 nitrogen and oxygen atoms in total. The summed E-state index contributed by atoms with van der Waals surface area (Å²) in [6, 6.07) is 28.3. The van der Waals surface area contributed by atoms with Gasteiger partial charge in [-0.25, -0.2) is 9.59 Å². The molecule has 0 saturated carbocycles. The average Bonchev–Trinajstić information content (AvgIpc) is 2.98. The smallest absolute Gasteiger partial charge is 0.338 e. The molecule has 0 heterocycles. The fourth-order valence-electron chi connectivity index (χ4n) is 4.41. The molecule has 0 fully saturated rings. The third-order valence-corrected chi connectivity index (χ3v) is 6.79. The maximum absolute atomic E-state index is 12.4. The second-order valence-corrected chi connectivity index (χ2v) is 9.91. The number of phenolic OH excluding ortho intramolecular Hbond substituents is 2. The van der Waals surface area contributed by atoms with Crippen LogP contribution in [0.5, 0.6) is 11.5 Å². The minimum absolute atomic E-state index is 0.215. The molecule has 0 radical (unpaired) electrons. The molecule has 2 N–H and O–H groups in total. The molecule has 0 amide bonds. The lowest BCUT2D eigenvalue weighted by molar-refractivity contribution is 0.0491. The fraction of sp³-hybridized carbons (Fsp3) is 0.235. The molecule has 4 aromatic carbocycles. The Labute approximate surface area is 234 Å². The molecule has 0 aliphatic carbocycles. The summed E-state index contributed by atoms with van der Waals surface area (Å²) in [6.07, 6.45) is 3.37. The highest BCUT2D eigenvalue weighted by Crippen LogP contribution is 2.24. The Hall–Kier alpha value is -4.58. The van der Waals surface area contributed by atoms with Crippen LogP contribution in [-0.2, 0) is 9.47 Å². The maximum atomic E-state index is 12.4. The van der Waals surface area contributed by atoms with Gasteiger partial charge >= 0.3 is 11.9 Å². The number of aromatic hydroxyl groups is 2. The van der Waals surface area contributed by atoms with Crippen molar-refractivity contribution in [2.24, 2.45) is 5.92 Å². The molecule has 0 bridgehead atoms. The molecule has 0 aliphatic heterocycles. The summed E-state index contributed by atoms with van der Waals surface area (Å²) in [5.41, 5.74) is 4.85. The van der Waals surface area contributed by atoms with Gasteiger partial charge in [0.2, 0.25) is 0 Å². The Morgan fingerprint density at radius 3 is 1.18 bits per heavy atom. The van der Waals surface area contributed by atoms with Crippen LogP contribution in [0.2, 0.25) is 0 Å². The molecule has 206 valence electrons. The first-order valence-electron chi connectivity index (χ1n) is 13.5. The molecule has 0 atom stereocenters. The minimum atomic E-state index is -0.340. The van der Waals surface area contributed by atoms with Crippen molar-refractivity contribution in [3.8, 4) is 33.8 Å². The highest BCUT2D eigenvalue weighted by atomic mass is 16.5. The summed E-state index contributed by atoms with van der Waals surface area (Å²) in [5.74, 6) is 0.173. The third-order valence-electron chi connectivity index (χ3n) is 6.79. The SMILES string of the molecule is CC(CCCOC(=O)c1ccc(-c2ccc(O)cc2)cc1)CCCOC(=O)c1ccc(-c2ccc(O)cc2)cc1. The monoisotopic (exact) mass is 538 g/mol. The first-order chi connectivity index (χ1) is 19.4. The molecule has 0 unspecified atom stereocenters. The lowest BCUT2D eigenvalue weighted by Crippen LogP contribution is -2.09. The fourth-order valence-corrected chi connectivity index (χ4v) is 4.41. The predicted octanol–water partition coefficient (Wildman–Crippen LogP) is 7.64. The van der Waals surface area contributed by atoms with Crippen LogP contribution in [0, 0.1) is 5.92 Å². The van der Waals surface area contributed by atoms with Crippen molar-refractivity contribution in [2.45, 2.75) is 32.6 Å². The first-order valence-corrected chi connectivity index (χ1v) is 13.5. The van der Waals surface area contributed by atoms with Crippen LogP contribution in [0.3, 0.4) is 0 Å². The molecule has 40 heavy (non-hydrogen) atoms. The first kappa shape index (κ1) is 28.4. The highest BCUT2D eigenvalue weighted by Gasteiger charge is 2.11. The number of hydrogen-bond donors (Lipinski definition) is 2. The number of benzene rings is 4. The molecule has 4 rings (SSSR count). The molecule has 4 aromatic rings. The van der Waals surface area contributed by atoms with Crippen molar-refractivity contribution in [3.05, 3.63) is 108 Å². The van der Waals surface area contributed by atoms with Gasteiger partial charge in [0.05, 0.1) is 24.3 Å².